The maximum atomic E-state index is 13.0. The minimum Gasteiger partial charge on any atom is -0.497 e. The smallest absolute Gasteiger partial charge is 0.246 e. The highest BCUT2D eigenvalue weighted by Crippen LogP contribution is 2.44. The molecule has 3 aromatic carbocycles. The maximum Gasteiger partial charge on any atom is 0.246 e. The molecule has 0 bridgehead atoms. The average molecular weight is 430 g/mol. The van der Waals surface area contributed by atoms with E-state index in [4.69, 9.17) is 14.2 Å². The molecule has 0 saturated carbocycles. The van der Waals surface area contributed by atoms with Crippen LogP contribution in [0.4, 0.5) is 0 Å². The van der Waals surface area contributed by atoms with Crippen molar-refractivity contribution in [2.24, 2.45) is 0 Å². The van der Waals surface area contributed by atoms with Gasteiger partial charge in [0, 0.05) is 24.7 Å². The van der Waals surface area contributed by atoms with Crippen molar-refractivity contribution in [3.8, 4) is 28.4 Å². The Hall–Kier alpha value is -3.73. The lowest BCUT2D eigenvalue weighted by Crippen LogP contribution is -2.35. The Balaban J connectivity index is 1.71. The highest BCUT2D eigenvalue weighted by molar-refractivity contribution is 5.92. The Morgan fingerprint density at radius 1 is 0.938 bits per heavy atom. The van der Waals surface area contributed by atoms with Crippen molar-refractivity contribution in [2.45, 2.75) is 13.0 Å². The molecule has 0 radical (unpaired) electrons. The molecule has 0 saturated heterocycles. The Bertz CT molecular complexity index is 1120. The van der Waals surface area contributed by atoms with Gasteiger partial charge < -0.3 is 19.1 Å². The predicted octanol–water partition coefficient (Wildman–Crippen LogP) is 4.98. The first-order valence-electron chi connectivity index (χ1n) is 10.6. The van der Waals surface area contributed by atoms with E-state index in [0.717, 1.165) is 34.4 Å². The van der Waals surface area contributed by atoms with Crippen molar-refractivity contribution in [3.63, 3.8) is 0 Å². The summed E-state index contributed by atoms with van der Waals surface area (Å²) in [5.74, 6) is 2.15. The number of rotatable bonds is 6. The fourth-order valence-corrected chi connectivity index (χ4v) is 4.10. The third-order valence-corrected chi connectivity index (χ3v) is 5.78. The van der Waals surface area contributed by atoms with Crippen LogP contribution in [0.25, 0.3) is 17.2 Å². The summed E-state index contributed by atoms with van der Waals surface area (Å²) in [5.41, 5.74) is 5.20. The third-order valence-electron chi connectivity index (χ3n) is 5.78. The molecule has 0 aromatic heterocycles. The average Bonchev–Trinajstić information content (AvgIpc) is 2.86. The number of carbonyl (C=O) groups is 1. The second-order valence-electron chi connectivity index (χ2n) is 7.61. The molecule has 32 heavy (non-hydrogen) atoms. The zero-order valence-corrected chi connectivity index (χ0v) is 18.6. The lowest BCUT2D eigenvalue weighted by atomic mass is 9.89. The number of methoxy groups -OCH3 is 3. The summed E-state index contributed by atoms with van der Waals surface area (Å²) in [6, 6.07) is 19.7. The van der Waals surface area contributed by atoms with Gasteiger partial charge in [-0.2, -0.15) is 0 Å². The first kappa shape index (κ1) is 21.5. The van der Waals surface area contributed by atoms with E-state index in [2.05, 4.69) is 0 Å². The minimum absolute atomic E-state index is 0.00466. The van der Waals surface area contributed by atoms with Crippen LogP contribution < -0.4 is 14.2 Å². The predicted molar refractivity (Wildman–Crippen MR) is 126 cm³/mol. The molecule has 0 unspecified atom stereocenters. The van der Waals surface area contributed by atoms with Crippen LogP contribution in [0.3, 0.4) is 0 Å². The summed E-state index contributed by atoms with van der Waals surface area (Å²) < 4.78 is 16.7. The normalized spacial score (nSPS) is 13.0. The van der Waals surface area contributed by atoms with Crippen LogP contribution in [-0.4, -0.2) is 38.7 Å². The van der Waals surface area contributed by atoms with Crippen molar-refractivity contribution in [1.82, 2.24) is 4.90 Å². The molecule has 1 aliphatic heterocycles. The van der Waals surface area contributed by atoms with E-state index in [1.165, 1.54) is 5.56 Å². The summed E-state index contributed by atoms with van der Waals surface area (Å²) >= 11 is 0. The molecule has 0 atom stereocenters. The van der Waals surface area contributed by atoms with Crippen LogP contribution in [-0.2, 0) is 17.8 Å². The standard InChI is InChI=1S/C27H27NO4/c1-30-22-12-10-20(11-13-22)26-23-18-28(25(29)14-9-19-7-5-4-6-8-19)16-15-21(23)17-24(31-2)27(26)32-3/h4-14,17H,15-16,18H2,1-3H3/b14-9+. The number of nitrogens with zero attached hydrogens (tertiary/aromatic N) is 1. The van der Waals surface area contributed by atoms with Crippen LogP contribution in [0.15, 0.2) is 66.7 Å². The van der Waals surface area contributed by atoms with E-state index in [1.807, 2.05) is 71.6 Å². The second kappa shape index (κ2) is 9.60. The quantitative estimate of drug-likeness (QED) is 0.519. The number of benzene rings is 3. The number of ether oxygens (including phenoxy) is 3. The van der Waals surface area contributed by atoms with Gasteiger partial charge in [-0.05, 0) is 52.9 Å². The molecule has 1 amide bonds. The first-order valence-corrected chi connectivity index (χ1v) is 10.6. The van der Waals surface area contributed by atoms with Gasteiger partial charge in [0.05, 0.1) is 21.3 Å². The first-order chi connectivity index (χ1) is 15.6. The molecule has 5 nitrogen and oxygen atoms in total. The van der Waals surface area contributed by atoms with E-state index in [-0.39, 0.29) is 5.91 Å². The van der Waals surface area contributed by atoms with E-state index >= 15 is 0 Å². The van der Waals surface area contributed by atoms with Crippen molar-refractivity contribution in [3.05, 3.63) is 83.4 Å². The van der Waals surface area contributed by atoms with Crippen LogP contribution in [0.2, 0.25) is 0 Å². The van der Waals surface area contributed by atoms with Gasteiger partial charge in [0.15, 0.2) is 11.5 Å². The van der Waals surface area contributed by atoms with Gasteiger partial charge in [-0.3, -0.25) is 4.79 Å². The third kappa shape index (κ3) is 4.33. The summed E-state index contributed by atoms with van der Waals surface area (Å²) in [7, 11) is 4.94. The molecule has 0 spiro atoms. The van der Waals surface area contributed by atoms with E-state index in [1.54, 1.807) is 27.4 Å². The minimum atomic E-state index is -0.00466. The van der Waals surface area contributed by atoms with Crippen molar-refractivity contribution in [2.75, 3.05) is 27.9 Å². The van der Waals surface area contributed by atoms with Crippen LogP contribution in [0.5, 0.6) is 17.2 Å². The molecule has 3 aromatic rings. The van der Waals surface area contributed by atoms with Crippen molar-refractivity contribution in [1.29, 1.82) is 0 Å². The second-order valence-corrected chi connectivity index (χ2v) is 7.61. The molecule has 0 N–H and O–H groups in total. The van der Waals surface area contributed by atoms with Gasteiger partial charge in [0.25, 0.3) is 0 Å². The van der Waals surface area contributed by atoms with Crippen LogP contribution in [0, 0.1) is 0 Å². The summed E-state index contributed by atoms with van der Waals surface area (Å²) in [6.07, 6.45) is 4.26. The fourth-order valence-electron chi connectivity index (χ4n) is 4.10. The van der Waals surface area contributed by atoms with Gasteiger partial charge in [-0.15, -0.1) is 0 Å². The molecule has 0 fully saturated rings. The van der Waals surface area contributed by atoms with E-state index in [9.17, 15) is 4.79 Å². The highest BCUT2D eigenvalue weighted by atomic mass is 16.5. The molecule has 1 aliphatic rings. The maximum absolute atomic E-state index is 13.0. The Kier molecular flexibility index (Phi) is 6.45. The van der Waals surface area contributed by atoms with Crippen LogP contribution >= 0.6 is 0 Å². The van der Waals surface area contributed by atoms with Gasteiger partial charge in [0.1, 0.15) is 5.75 Å². The molecule has 0 aliphatic carbocycles. The number of hydrogen-bond donors (Lipinski definition) is 0. The lowest BCUT2D eigenvalue weighted by molar-refractivity contribution is -0.126. The fraction of sp³-hybridized carbons (Fsp3) is 0.222. The Morgan fingerprint density at radius 3 is 2.34 bits per heavy atom. The highest BCUT2D eigenvalue weighted by Gasteiger charge is 2.27. The van der Waals surface area contributed by atoms with Crippen molar-refractivity contribution >= 4 is 12.0 Å². The number of hydrogen-bond acceptors (Lipinski definition) is 4. The molecule has 164 valence electrons. The van der Waals surface area contributed by atoms with Crippen LogP contribution in [0.1, 0.15) is 16.7 Å². The molecular formula is C27H27NO4. The molecule has 4 rings (SSSR count). The number of amides is 1. The van der Waals surface area contributed by atoms with Gasteiger partial charge in [-0.25, -0.2) is 0 Å². The number of fused-ring (bicyclic) bond motifs is 1. The number of carbonyl (C=O) groups excluding carboxylic acids is 1. The Labute approximate surface area is 188 Å². The summed E-state index contributed by atoms with van der Waals surface area (Å²) in [4.78, 5) is 14.8. The topological polar surface area (TPSA) is 48.0 Å². The van der Waals surface area contributed by atoms with E-state index in [0.29, 0.717) is 24.6 Å². The van der Waals surface area contributed by atoms with Gasteiger partial charge in [0.2, 0.25) is 5.91 Å². The van der Waals surface area contributed by atoms with E-state index < -0.39 is 0 Å². The van der Waals surface area contributed by atoms with Gasteiger partial charge >= 0.3 is 0 Å². The SMILES string of the molecule is COc1ccc(-c2c3c(cc(OC)c2OC)CCN(C(=O)/C=C/c2ccccc2)C3)cc1. The molecule has 1 heterocycles. The zero-order valence-electron chi connectivity index (χ0n) is 18.6. The summed E-state index contributed by atoms with van der Waals surface area (Å²) in [5, 5.41) is 0. The largest absolute Gasteiger partial charge is 0.497 e. The molecular weight excluding hydrogens is 402 g/mol. The lowest BCUT2D eigenvalue weighted by Gasteiger charge is -2.31. The van der Waals surface area contributed by atoms with Crippen molar-refractivity contribution < 1.29 is 19.0 Å². The van der Waals surface area contributed by atoms with Gasteiger partial charge in [-0.1, -0.05) is 42.5 Å². The Morgan fingerprint density at radius 2 is 1.69 bits per heavy atom. The zero-order chi connectivity index (χ0) is 22.5. The molecule has 5 heteroatoms. The monoisotopic (exact) mass is 429 g/mol. The summed E-state index contributed by atoms with van der Waals surface area (Å²) in [6.45, 7) is 1.16.